The van der Waals surface area contributed by atoms with Crippen LogP contribution in [0.3, 0.4) is 0 Å². The zero-order valence-corrected chi connectivity index (χ0v) is 14.1. The van der Waals surface area contributed by atoms with Gasteiger partial charge in [-0.05, 0) is 29.8 Å². The Bertz CT molecular complexity index is 688. The molecule has 0 amide bonds. The van der Waals surface area contributed by atoms with Crippen LogP contribution in [0.4, 0.5) is 11.4 Å². The number of nitrogens with two attached hydrogens (primary N) is 1. The van der Waals surface area contributed by atoms with Crippen molar-refractivity contribution >= 4 is 34.6 Å². The number of benzene rings is 2. The second-order valence-electron chi connectivity index (χ2n) is 5.36. The number of halogens is 2. The monoisotopic (exact) mass is 352 g/mol. The summed E-state index contributed by atoms with van der Waals surface area (Å²) in [7, 11) is 0. The van der Waals surface area contributed by atoms with E-state index in [0.29, 0.717) is 22.3 Å². The Hall–Kier alpha value is -1.62. The van der Waals surface area contributed by atoms with E-state index in [0.717, 1.165) is 43.3 Å². The minimum absolute atomic E-state index is 0.400. The van der Waals surface area contributed by atoms with Gasteiger partial charge in [-0.3, -0.25) is 0 Å². The van der Waals surface area contributed by atoms with Crippen molar-refractivity contribution in [2.45, 2.75) is 6.61 Å². The van der Waals surface area contributed by atoms with Crippen molar-refractivity contribution < 1.29 is 9.47 Å². The van der Waals surface area contributed by atoms with Crippen LogP contribution in [0.15, 0.2) is 36.4 Å². The van der Waals surface area contributed by atoms with Crippen LogP contribution in [0.25, 0.3) is 0 Å². The van der Waals surface area contributed by atoms with Crippen LogP contribution in [0, 0.1) is 0 Å². The van der Waals surface area contributed by atoms with E-state index in [9.17, 15) is 0 Å². The van der Waals surface area contributed by atoms with Gasteiger partial charge in [0.25, 0.3) is 0 Å². The van der Waals surface area contributed by atoms with E-state index < -0.39 is 0 Å². The number of morpholine rings is 1. The van der Waals surface area contributed by atoms with Crippen LogP contribution in [-0.4, -0.2) is 26.3 Å². The first-order chi connectivity index (χ1) is 11.1. The number of anilines is 2. The van der Waals surface area contributed by atoms with Gasteiger partial charge in [0.2, 0.25) is 0 Å². The van der Waals surface area contributed by atoms with Crippen molar-refractivity contribution in [3.05, 3.63) is 52.0 Å². The van der Waals surface area contributed by atoms with Gasteiger partial charge in [0.1, 0.15) is 12.4 Å². The highest BCUT2D eigenvalue weighted by Gasteiger charge is 2.16. The van der Waals surface area contributed by atoms with E-state index in [-0.39, 0.29) is 0 Å². The molecule has 0 spiro atoms. The molecular formula is C17H18Cl2N2O2. The summed E-state index contributed by atoms with van der Waals surface area (Å²) in [6, 6.07) is 11.2. The Morgan fingerprint density at radius 2 is 1.83 bits per heavy atom. The van der Waals surface area contributed by atoms with Crippen molar-refractivity contribution in [2.75, 3.05) is 36.9 Å². The van der Waals surface area contributed by atoms with Gasteiger partial charge < -0.3 is 20.1 Å². The fraction of sp³-hybridized carbons (Fsp3) is 0.294. The topological polar surface area (TPSA) is 47.7 Å². The standard InChI is InChI=1S/C17H18Cl2N2O2/c18-14-3-1-12(9-15(14)19)11-23-17-10-13(20)2-4-16(17)21-5-7-22-8-6-21/h1-4,9-10H,5-8,11,20H2. The van der Waals surface area contributed by atoms with E-state index in [1.807, 2.05) is 30.3 Å². The minimum Gasteiger partial charge on any atom is -0.487 e. The molecule has 1 aliphatic rings. The third-order valence-corrected chi connectivity index (χ3v) is 4.45. The highest BCUT2D eigenvalue weighted by atomic mass is 35.5. The Balaban J connectivity index is 1.78. The van der Waals surface area contributed by atoms with Crippen molar-refractivity contribution in [3.63, 3.8) is 0 Å². The van der Waals surface area contributed by atoms with Crippen LogP contribution in [0.2, 0.25) is 10.0 Å². The molecular weight excluding hydrogens is 335 g/mol. The van der Waals surface area contributed by atoms with Crippen molar-refractivity contribution in [1.29, 1.82) is 0 Å². The predicted octanol–water partition coefficient (Wildman–Crippen LogP) is 3.99. The summed E-state index contributed by atoms with van der Waals surface area (Å²) in [6.07, 6.45) is 0. The van der Waals surface area contributed by atoms with Gasteiger partial charge in [-0.15, -0.1) is 0 Å². The summed E-state index contributed by atoms with van der Waals surface area (Å²) >= 11 is 12.0. The SMILES string of the molecule is Nc1ccc(N2CCOCC2)c(OCc2ccc(Cl)c(Cl)c2)c1. The molecule has 0 atom stereocenters. The molecule has 23 heavy (non-hydrogen) atoms. The highest BCUT2D eigenvalue weighted by molar-refractivity contribution is 6.42. The first kappa shape index (κ1) is 16.2. The lowest BCUT2D eigenvalue weighted by Gasteiger charge is -2.30. The maximum absolute atomic E-state index is 6.04. The van der Waals surface area contributed by atoms with Crippen LogP contribution >= 0.6 is 23.2 Å². The van der Waals surface area contributed by atoms with Gasteiger partial charge in [0, 0.05) is 24.8 Å². The first-order valence-electron chi connectivity index (χ1n) is 7.42. The van der Waals surface area contributed by atoms with Gasteiger partial charge in [0.15, 0.2) is 0 Å². The second kappa shape index (κ2) is 7.30. The van der Waals surface area contributed by atoms with Gasteiger partial charge in [-0.1, -0.05) is 29.3 Å². The molecule has 0 aliphatic carbocycles. The number of ether oxygens (including phenoxy) is 2. The molecule has 0 aromatic heterocycles. The molecule has 1 aliphatic heterocycles. The Morgan fingerprint density at radius 1 is 1.04 bits per heavy atom. The summed E-state index contributed by atoms with van der Waals surface area (Å²) in [5.41, 5.74) is 8.56. The number of nitrogen functional groups attached to an aromatic ring is 1. The zero-order chi connectivity index (χ0) is 16.2. The average molecular weight is 353 g/mol. The molecule has 0 saturated carbocycles. The smallest absolute Gasteiger partial charge is 0.145 e. The van der Waals surface area contributed by atoms with Crippen LogP contribution in [-0.2, 0) is 11.3 Å². The fourth-order valence-electron chi connectivity index (χ4n) is 2.50. The average Bonchev–Trinajstić information content (AvgIpc) is 2.57. The molecule has 1 heterocycles. The third kappa shape index (κ3) is 4.02. The van der Waals surface area contributed by atoms with Gasteiger partial charge in [-0.2, -0.15) is 0 Å². The fourth-order valence-corrected chi connectivity index (χ4v) is 2.82. The van der Waals surface area contributed by atoms with Gasteiger partial charge >= 0.3 is 0 Å². The van der Waals surface area contributed by atoms with Crippen LogP contribution in [0.5, 0.6) is 5.75 Å². The molecule has 6 heteroatoms. The molecule has 0 unspecified atom stereocenters. The summed E-state index contributed by atoms with van der Waals surface area (Å²) < 4.78 is 11.4. The van der Waals surface area contributed by atoms with Crippen molar-refractivity contribution in [3.8, 4) is 5.75 Å². The van der Waals surface area contributed by atoms with E-state index in [4.69, 9.17) is 38.4 Å². The molecule has 3 rings (SSSR count). The maximum atomic E-state index is 6.04. The largest absolute Gasteiger partial charge is 0.487 e. The summed E-state index contributed by atoms with van der Waals surface area (Å²) in [4.78, 5) is 2.24. The summed E-state index contributed by atoms with van der Waals surface area (Å²) in [5.74, 6) is 0.762. The summed E-state index contributed by atoms with van der Waals surface area (Å²) in [6.45, 7) is 3.52. The number of rotatable bonds is 4. The molecule has 2 N–H and O–H groups in total. The lowest BCUT2D eigenvalue weighted by atomic mass is 10.2. The highest BCUT2D eigenvalue weighted by Crippen LogP contribution is 2.32. The number of nitrogens with zero attached hydrogens (tertiary/aromatic N) is 1. The molecule has 2 aromatic rings. The van der Waals surface area contributed by atoms with E-state index >= 15 is 0 Å². The molecule has 2 aromatic carbocycles. The second-order valence-corrected chi connectivity index (χ2v) is 6.18. The summed E-state index contributed by atoms with van der Waals surface area (Å²) in [5, 5.41) is 1.06. The lowest BCUT2D eigenvalue weighted by molar-refractivity contribution is 0.122. The number of hydrogen-bond acceptors (Lipinski definition) is 4. The van der Waals surface area contributed by atoms with Crippen molar-refractivity contribution in [1.82, 2.24) is 0 Å². The Morgan fingerprint density at radius 3 is 2.57 bits per heavy atom. The molecule has 1 saturated heterocycles. The van der Waals surface area contributed by atoms with Gasteiger partial charge in [0.05, 0.1) is 28.9 Å². The molecule has 122 valence electrons. The van der Waals surface area contributed by atoms with Crippen LogP contribution in [0.1, 0.15) is 5.56 Å². The van der Waals surface area contributed by atoms with E-state index in [1.54, 1.807) is 6.07 Å². The molecule has 1 fully saturated rings. The van der Waals surface area contributed by atoms with Crippen LogP contribution < -0.4 is 15.4 Å². The number of hydrogen-bond donors (Lipinski definition) is 1. The quantitative estimate of drug-likeness (QED) is 0.845. The lowest BCUT2D eigenvalue weighted by Crippen LogP contribution is -2.36. The molecule has 4 nitrogen and oxygen atoms in total. The Labute approximate surface area is 145 Å². The zero-order valence-electron chi connectivity index (χ0n) is 12.6. The molecule has 0 radical (unpaired) electrons. The van der Waals surface area contributed by atoms with E-state index in [2.05, 4.69) is 4.90 Å². The van der Waals surface area contributed by atoms with E-state index in [1.165, 1.54) is 0 Å². The Kier molecular flexibility index (Phi) is 5.16. The normalized spacial score (nSPS) is 14.8. The first-order valence-corrected chi connectivity index (χ1v) is 8.18. The third-order valence-electron chi connectivity index (χ3n) is 3.71. The van der Waals surface area contributed by atoms with Gasteiger partial charge in [-0.25, -0.2) is 0 Å². The minimum atomic E-state index is 0.400. The molecule has 0 bridgehead atoms. The maximum Gasteiger partial charge on any atom is 0.145 e. The predicted molar refractivity (Wildman–Crippen MR) is 94.7 cm³/mol. The van der Waals surface area contributed by atoms with Crippen molar-refractivity contribution in [2.24, 2.45) is 0 Å².